The van der Waals surface area contributed by atoms with Gasteiger partial charge in [0, 0.05) is 11.8 Å². The van der Waals surface area contributed by atoms with Crippen LogP contribution in [0.3, 0.4) is 0 Å². The lowest BCUT2D eigenvalue weighted by Gasteiger charge is -2.48. The molecule has 2 N–H and O–H groups in total. The summed E-state index contributed by atoms with van der Waals surface area (Å²) in [7, 11) is 0. The van der Waals surface area contributed by atoms with Gasteiger partial charge in [-0.3, -0.25) is 9.59 Å². The van der Waals surface area contributed by atoms with Gasteiger partial charge in [-0.15, -0.1) is 0 Å². The number of rotatable bonds is 2. The zero-order valence-electron chi connectivity index (χ0n) is 15.1. The first-order chi connectivity index (χ1) is 11.1. The Bertz CT molecular complexity index is 657. The Morgan fingerprint density at radius 3 is 2.50 bits per heavy atom. The largest absolute Gasteiger partial charge is 0.392 e. The number of allylic oxidation sites excluding steroid dienone is 3. The summed E-state index contributed by atoms with van der Waals surface area (Å²) in [6.45, 7) is 7.87. The highest BCUT2D eigenvalue weighted by Gasteiger charge is 2.57. The lowest BCUT2D eigenvalue weighted by Crippen LogP contribution is -2.44. The van der Waals surface area contributed by atoms with Gasteiger partial charge in [0.2, 0.25) is 0 Å². The summed E-state index contributed by atoms with van der Waals surface area (Å²) >= 11 is 0. The topological polar surface area (TPSA) is 74.6 Å². The lowest BCUT2D eigenvalue weighted by atomic mass is 9.54. The smallest absolute Gasteiger partial charge is 0.162 e. The van der Waals surface area contributed by atoms with Crippen LogP contribution in [0.25, 0.3) is 0 Å². The van der Waals surface area contributed by atoms with Crippen molar-refractivity contribution < 1.29 is 19.8 Å². The van der Waals surface area contributed by atoms with E-state index >= 15 is 0 Å². The van der Waals surface area contributed by atoms with E-state index in [1.807, 2.05) is 20.8 Å². The van der Waals surface area contributed by atoms with Crippen LogP contribution in [0.4, 0.5) is 0 Å². The molecule has 0 spiro atoms. The Balaban J connectivity index is 2.18. The third-order valence-electron chi connectivity index (χ3n) is 6.63. The Kier molecular flexibility index (Phi) is 4.12. The molecule has 3 aliphatic rings. The van der Waals surface area contributed by atoms with E-state index in [0.29, 0.717) is 18.4 Å². The van der Waals surface area contributed by atoms with Crippen molar-refractivity contribution in [2.45, 2.75) is 59.5 Å². The molecule has 4 unspecified atom stereocenters. The van der Waals surface area contributed by atoms with E-state index in [4.69, 9.17) is 0 Å². The first-order valence-corrected chi connectivity index (χ1v) is 8.95. The molecule has 4 atom stereocenters. The fourth-order valence-corrected chi connectivity index (χ4v) is 5.14. The van der Waals surface area contributed by atoms with Gasteiger partial charge >= 0.3 is 0 Å². The summed E-state index contributed by atoms with van der Waals surface area (Å²) in [5, 5.41) is 20.0. The van der Waals surface area contributed by atoms with Crippen LogP contribution in [0.1, 0.15) is 53.4 Å². The molecular formula is C20H28O4. The Hall–Kier alpha value is -1.26. The lowest BCUT2D eigenvalue weighted by molar-refractivity contribution is -0.127. The third-order valence-corrected chi connectivity index (χ3v) is 6.63. The SMILES string of the molecule is CC(C)C1=C2C3CC(O)C(CO)=CC(=O)C3(C)CCC2(C)CC1=O. The molecule has 1 saturated carbocycles. The van der Waals surface area contributed by atoms with Gasteiger partial charge in [0.25, 0.3) is 0 Å². The maximum Gasteiger partial charge on any atom is 0.162 e. The van der Waals surface area contributed by atoms with Crippen molar-refractivity contribution in [2.75, 3.05) is 6.61 Å². The van der Waals surface area contributed by atoms with Gasteiger partial charge in [-0.05, 0) is 53.7 Å². The van der Waals surface area contributed by atoms with Crippen LogP contribution >= 0.6 is 0 Å². The Morgan fingerprint density at radius 2 is 1.92 bits per heavy atom. The summed E-state index contributed by atoms with van der Waals surface area (Å²) in [5.74, 6) is 0.165. The number of aliphatic hydroxyl groups is 2. The number of carbonyl (C=O) groups is 2. The zero-order chi connectivity index (χ0) is 17.9. The molecule has 0 radical (unpaired) electrons. The Morgan fingerprint density at radius 1 is 1.25 bits per heavy atom. The highest BCUT2D eigenvalue weighted by atomic mass is 16.3. The van der Waals surface area contributed by atoms with Crippen molar-refractivity contribution in [3.05, 3.63) is 22.8 Å². The number of carbonyl (C=O) groups excluding carboxylic acids is 2. The molecule has 0 amide bonds. The number of ketones is 2. The van der Waals surface area contributed by atoms with Gasteiger partial charge in [0.1, 0.15) is 0 Å². The molecule has 4 heteroatoms. The molecule has 0 aromatic rings. The van der Waals surface area contributed by atoms with Gasteiger partial charge in [-0.25, -0.2) is 0 Å². The maximum atomic E-state index is 12.9. The van der Waals surface area contributed by atoms with Crippen LogP contribution in [-0.4, -0.2) is 34.5 Å². The molecule has 3 rings (SSSR count). The average Bonchev–Trinajstić information content (AvgIpc) is 2.73. The minimum Gasteiger partial charge on any atom is -0.392 e. The van der Waals surface area contributed by atoms with Crippen molar-refractivity contribution >= 4 is 11.6 Å². The molecule has 0 heterocycles. The van der Waals surface area contributed by atoms with E-state index in [-0.39, 0.29) is 35.4 Å². The fourth-order valence-electron chi connectivity index (χ4n) is 5.14. The quantitative estimate of drug-likeness (QED) is 0.815. The molecular weight excluding hydrogens is 304 g/mol. The predicted octanol–water partition coefficient (Wildman–Crippen LogP) is 2.59. The van der Waals surface area contributed by atoms with Crippen LogP contribution in [0, 0.1) is 22.7 Å². The normalized spacial score (nSPS) is 39.7. The van der Waals surface area contributed by atoms with Crippen LogP contribution in [0.2, 0.25) is 0 Å². The summed E-state index contributed by atoms with van der Waals surface area (Å²) < 4.78 is 0. The maximum absolute atomic E-state index is 12.9. The molecule has 0 bridgehead atoms. The van der Waals surface area contributed by atoms with Crippen molar-refractivity contribution in [3.63, 3.8) is 0 Å². The van der Waals surface area contributed by atoms with Crippen LogP contribution in [0.5, 0.6) is 0 Å². The standard InChI is InChI=1S/C20H28O4/c1-11(2)17-15(23)9-19(3)5-6-20(4)13(18(17)19)8-14(22)12(10-21)7-16(20)24/h7,11,13-14,21-22H,5-6,8-10H2,1-4H3. The van der Waals surface area contributed by atoms with Crippen LogP contribution in [0.15, 0.2) is 22.8 Å². The van der Waals surface area contributed by atoms with Crippen molar-refractivity contribution in [2.24, 2.45) is 22.7 Å². The van der Waals surface area contributed by atoms with Crippen molar-refractivity contribution in [1.82, 2.24) is 0 Å². The van der Waals surface area contributed by atoms with Crippen molar-refractivity contribution in [3.8, 4) is 0 Å². The number of hydrogen-bond acceptors (Lipinski definition) is 4. The summed E-state index contributed by atoms with van der Waals surface area (Å²) in [4.78, 5) is 25.6. The predicted molar refractivity (Wildman–Crippen MR) is 91.2 cm³/mol. The molecule has 132 valence electrons. The Labute approximate surface area is 143 Å². The fraction of sp³-hybridized carbons (Fsp3) is 0.700. The number of Topliss-reactive ketones (excluding diaryl/α,β-unsaturated/α-hetero) is 1. The monoisotopic (exact) mass is 332 g/mol. The summed E-state index contributed by atoms with van der Waals surface area (Å²) in [6.07, 6.45) is 3.08. The second-order valence-electron chi connectivity index (χ2n) is 8.61. The highest BCUT2D eigenvalue weighted by Crippen LogP contribution is 2.61. The van der Waals surface area contributed by atoms with Crippen LogP contribution < -0.4 is 0 Å². The number of hydrogen-bond donors (Lipinski definition) is 2. The second kappa shape index (κ2) is 5.63. The third kappa shape index (κ3) is 2.34. The average molecular weight is 332 g/mol. The first-order valence-electron chi connectivity index (χ1n) is 8.95. The van der Waals surface area contributed by atoms with Gasteiger partial charge in [0.05, 0.1) is 12.7 Å². The van der Waals surface area contributed by atoms with E-state index in [9.17, 15) is 19.8 Å². The van der Waals surface area contributed by atoms with E-state index in [1.54, 1.807) is 0 Å². The molecule has 0 aromatic heterocycles. The van der Waals surface area contributed by atoms with Gasteiger partial charge < -0.3 is 10.2 Å². The minimum absolute atomic E-state index is 0.0231. The van der Waals surface area contributed by atoms with E-state index in [1.165, 1.54) is 6.08 Å². The summed E-state index contributed by atoms with van der Waals surface area (Å²) in [6, 6.07) is 0. The number of aliphatic hydroxyl groups excluding tert-OH is 2. The molecule has 0 aromatic carbocycles. The molecule has 4 nitrogen and oxygen atoms in total. The van der Waals surface area contributed by atoms with Gasteiger partial charge in [-0.2, -0.15) is 0 Å². The second-order valence-corrected chi connectivity index (χ2v) is 8.61. The van der Waals surface area contributed by atoms with Gasteiger partial charge in [0.15, 0.2) is 11.6 Å². The van der Waals surface area contributed by atoms with E-state index < -0.39 is 11.5 Å². The van der Waals surface area contributed by atoms with Gasteiger partial charge in [-0.1, -0.05) is 33.3 Å². The van der Waals surface area contributed by atoms with E-state index in [0.717, 1.165) is 24.0 Å². The first kappa shape index (κ1) is 17.6. The van der Waals surface area contributed by atoms with Crippen LogP contribution in [-0.2, 0) is 9.59 Å². The molecule has 24 heavy (non-hydrogen) atoms. The molecule has 0 aliphatic heterocycles. The number of fused-ring (bicyclic) bond motifs is 3. The minimum atomic E-state index is -0.829. The molecule has 1 fully saturated rings. The van der Waals surface area contributed by atoms with Crippen molar-refractivity contribution in [1.29, 1.82) is 0 Å². The highest BCUT2D eigenvalue weighted by molar-refractivity contribution is 6.02. The molecule has 0 saturated heterocycles. The zero-order valence-corrected chi connectivity index (χ0v) is 15.1. The van der Waals surface area contributed by atoms with E-state index in [2.05, 4.69) is 6.92 Å². The molecule has 3 aliphatic carbocycles. The summed E-state index contributed by atoms with van der Waals surface area (Å²) in [5.41, 5.74) is 1.59.